The van der Waals surface area contributed by atoms with Crippen molar-refractivity contribution in [1.29, 1.82) is 0 Å². The van der Waals surface area contributed by atoms with Crippen molar-refractivity contribution in [1.82, 2.24) is 9.78 Å². The molecule has 19 heavy (non-hydrogen) atoms. The summed E-state index contributed by atoms with van der Waals surface area (Å²) < 4.78 is 1.58. The van der Waals surface area contributed by atoms with E-state index in [1.807, 2.05) is 12.1 Å². The molecule has 0 saturated carbocycles. The normalized spacial score (nSPS) is 10.9. The second-order valence-electron chi connectivity index (χ2n) is 4.83. The van der Waals surface area contributed by atoms with Gasteiger partial charge in [0.15, 0.2) is 0 Å². The van der Waals surface area contributed by atoms with E-state index in [4.69, 9.17) is 0 Å². The molecule has 0 aliphatic carbocycles. The minimum Gasteiger partial charge on any atom is -0.358 e. The van der Waals surface area contributed by atoms with Gasteiger partial charge >= 0.3 is 5.82 Å². The Bertz CT molecular complexity index is 576. The van der Waals surface area contributed by atoms with Gasteiger partial charge in [0.1, 0.15) is 0 Å². The van der Waals surface area contributed by atoms with Gasteiger partial charge in [-0.05, 0) is 28.4 Å². The SMILES string of the molecule is C[C](C)Cc1cccc(Cn2ccc([N+](=O)[O-])n2)c1. The summed E-state index contributed by atoms with van der Waals surface area (Å²) >= 11 is 0. The maximum absolute atomic E-state index is 10.6. The van der Waals surface area contributed by atoms with Gasteiger partial charge in [-0.15, -0.1) is 0 Å². The first-order valence-electron chi connectivity index (χ1n) is 6.09. The van der Waals surface area contributed by atoms with Gasteiger partial charge in [-0.2, -0.15) is 4.68 Å². The van der Waals surface area contributed by atoms with Crippen molar-refractivity contribution in [2.24, 2.45) is 0 Å². The molecule has 0 bridgehead atoms. The van der Waals surface area contributed by atoms with Gasteiger partial charge in [0.2, 0.25) is 0 Å². The molecule has 0 aliphatic rings. The molecule has 0 atom stereocenters. The fourth-order valence-corrected chi connectivity index (χ4v) is 1.97. The van der Waals surface area contributed by atoms with Crippen LogP contribution < -0.4 is 0 Å². The Balaban J connectivity index is 2.11. The molecule has 1 radical (unpaired) electrons. The van der Waals surface area contributed by atoms with E-state index in [1.54, 1.807) is 10.9 Å². The number of nitro groups is 1. The Morgan fingerprint density at radius 3 is 2.68 bits per heavy atom. The minimum absolute atomic E-state index is 0.117. The molecule has 0 aliphatic heterocycles. The third-order valence-electron chi connectivity index (χ3n) is 2.71. The van der Waals surface area contributed by atoms with Crippen LogP contribution in [0.1, 0.15) is 25.0 Å². The summed E-state index contributed by atoms with van der Waals surface area (Å²) in [5.41, 5.74) is 2.34. The molecule has 5 heteroatoms. The Morgan fingerprint density at radius 2 is 2.05 bits per heavy atom. The van der Waals surface area contributed by atoms with E-state index in [0.29, 0.717) is 6.54 Å². The third kappa shape index (κ3) is 3.64. The van der Waals surface area contributed by atoms with Crippen molar-refractivity contribution in [3.05, 3.63) is 63.7 Å². The minimum atomic E-state index is -0.484. The number of benzene rings is 1. The van der Waals surface area contributed by atoms with Crippen LogP contribution in [0.15, 0.2) is 36.5 Å². The maximum Gasteiger partial charge on any atom is 0.389 e. The summed E-state index contributed by atoms with van der Waals surface area (Å²) in [4.78, 5) is 10.1. The maximum atomic E-state index is 10.6. The number of aromatic nitrogens is 2. The average molecular weight is 258 g/mol. The summed E-state index contributed by atoms with van der Waals surface area (Å²) in [6.07, 6.45) is 2.58. The molecule has 1 aromatic carbocycles. The molecule has 0 saturated heterocycles. The highest BCUT2D eigenvalue weighted by Gasteiger charge is 2.11. The lowest BCUT2D eigenvalue weighted by Gasteiger charge is -2.06. The lowest BCUT2D eigenvalue weighted by molar-refractivity contribution is -0.389. The van der Waals surface area contributed by atoms with Crippen LogP contribution in [0.5, 0.6) is 0 Å². The van der Waals surface area contributed by atoms with Gasteiger partial charge in [0, 0.05) is 0 Å². The largest absolute Gasteiger partial charge is 0.389 e. The van der Waals surface area contributed by atoms with Crippen LogP contribution >= 0.6 is 0 Å². The zero-order chi connectivity index (χ0) is 13.8. The van der Waals surface area contributed by atoms with Crippen molar-refractivity contribution in [2.75, 3.05) is 0 Å². The van der Waals surface area contributed by atoms with Crippen LogP contribution in [0.3, 0.4) is 0 Å². The quantitative estimate of drug-likeness (QED) is 0.611. The van der Waals surface area contributed by atoms with Gasteiger partial charge in [0.05, 0.1) is 23.9 Å². The van der Waals surface area contributed by atoms with Crippen LogP contribution in [0.4, 0.5) is 5.82 Å². The summed E-state index contributed by atoms with van der Waals surface area (Å²) in [6, 6.07) is 9.61. The first-order chi connectivity index (χ1) is 9.04. The monoisotopic (exact) mass is 258 g/mol. The summed E-state index contributed by atoms with van der Waals surface area (Å²) in [5.74, 6) is 1.24. The molecule has 5 nitrogen and oxygen atoms in total. The molecule has 2 rings (SSSR count). The fourth-order valence-electron chi connectivity index (χ4n) is 1.97. The van der Waals surface area contributed by atoms with E-state index in [0.717, 1.165) is 12.0 Å². The molecule has 1 heterocycles. The Kier molecular flexibility index (Phi) is 3.94. The van der Waals surface area contributed by atoms with Crippen LogP contribution in [0.2, 0.25) is 0 Å². The van der Waals surface area contributed by atoms with Crippen LogP contribution in [0, 0.1) is 16.0 Å². The molecule has 0 fully saturated rings. The summed E-state index contributed by atoms with van der Waals surface area (Å²) in [6.45, 7) is 4.75. The van der Waals surface area contributed by atoms with Gasteiger partial charge in [0.25, 0.3) is 0 Å². The first-order valence-corrected chi connectivity index (χ1v) is 6.09. The fraction of sp³-hybridized carbons (Fsp3) is 0.286. The highest BCUT2D eigenvalue weighted by molar-refractivity contribution is 5.26. The van der Waals surface area contributed by atoms with Crippen molar-refractivity contribution in [2.45, 2.75) is 26.8 Å². The number of hydrogen-bond donors (Lipinski definition) is 0. The van der Waals surface area contributed by atoms with E-state index < -0.39 is 4.92 Å². The topological polar surface area (TPSA) is 61.0 Å². The predicted octanol–water partition coefficient (Wildman–Crippen LogP) is 3.00. The van der Waals surface area contributed by atoms with Crippen LogP contribution in [0.25, 0.3) is 0 Å². The lowest BCUT2D eigenvalue weighted by Crippen LogP contribution is -2.02. The highest BCUT2D eigenvalue weighted by atomic mass is 16.6. The van der Waals surface area contributed by atoms with E-state index in [1.165, 1.54) is 17.5 Å². The van der Waals surface area contributed by atoms with E-state index in [2.05, 4.69) is 31.1 Å². The third-order valence-corrected chi connectivity index (χ3v) is 2.71. The first kappa shape index (κ1) is 13.3. The number of rotatable bonds is 5. The summed E-state index contributed by atoms with van der Waals surface area (Å²) in [7, 11) is 0. The molecular weight excluding hydrogens is 242 g/mol. The highest BCUT2D eigenvalue weighted by Crippen LogP contribution is 2.13. The molecule has 2 aromatic rings. The second-order valence-corrected chi connectivity index (χ2v) is 4.83. The molecule has 0 spiro atoms. The predicted molar refractivity (Wildman–Crippen MR) is 72.7 cm³/mol. The number of nitrogens with zero attached hydrogens (tertiary/aromatic N) is 3. The van der Waals surface area contributed by atoms with Gasteiger partial charge in [-0.3, -0.25) is 0 Å². The molecule has 0 N–H and O–H groups in total. The molecule has 0 amide bonds. The van der Waals surface area contributed by atoms with E-state index in [9.17, 15) is 10.1 Å². The second kappa shape index (κ2) is 5.65. The van der Waals surface area contributed by atoms with Crippen LogP contribution in [-0.4, -0.2) is 14.7 Å². The Hall–Kier alpha value is -2.17. The number of hydrogen-bond acceptors (Lipinski definition) is 3. The van der Waals surface area contributed by atoms with Gasteiger partial charge < -0.3 is 10.1 Å². The van der Waals surface area contributed by atoms with E-state index >= 15 is 0 Å². The standard InChI is InChI=1S/C14H16N3O2/c1-11(2)8-12-4-3-5-13(9-12)10-16-7-6-14(15-16)17(18)19/h3-7,9H,8,10H2,1-2H3. The Morgan fingerprint density at radius 1 is 1.32 bits per heavy atom. The smallest absolute Gasteiger partial charge is 0.358 e. The lowest BCUT2D eigenvalue weighted by atomic mass is 10.0. The zero-order valence-corrected chi connectivity index (χ0v) is 11.0. The van der Waals surface area contributed by atoms with Crippen molar-refractivity contribution in [3.8, 4) is 0 Å². The van der Waals surface area contributed by atoms with Crippen molar-refractivity contribution >= 4 is 5.82 Å². The Labute approximate surface area is 112 Å². The van der Waals surface area contributed by atoms with E-state index in [-0.39, 0.29) is 5.82 Å². The van der Waals surface area contributed by atoms with Crippen molar-refractivity contribution < 1.29 is 4.92 Å². The molecule has 99 valence electrons. The summed E-state index contributed by atoms with van der Waals surface area (Å²) in [5, 5.41) is 14.5. The average Bonchev–Trinajstić information content (AvgIpc) is 2.77. The van der Waals surface area contributed by atoms with Gasteiger partial charge in [-0.1, -0.05) is 38.1 Å². The van der Waals surface area contributed by atoms with Gasteiger partial charge in [-0.25, -0.2) is 0 Å². The van der Waals surface area contributed by atoms with Crippen LogP contribution in [-0.2, 0) is 13.0 Å². The molecule has 1 aromatic heterocycles. The van der Waals surface area contributed by atoms with Crippen molar-refractivity contribution in [3.63, 3.8) is 0 Å². The molecular formula is C14H16N3O2. The molecule has 0 unspecified atom stereocenters. The zero-order valence-electron chi connectivity index (χ0n) is 11.0.